The van der Waals surface area contributed by atoms with E-state index in [0.29, 0.717) is 32.5 Å². The highest BCUT2D eigenvalue weighted by atomic mass is 16.6. The summed E-state index contributed by atoms with van der Waals surface area (Å²) in [6.45, 7) is 6.94. The molecule has 5 N–H and O–H groups in total. The molecule has 0 aliphatic heterocycles. The third-order valence-corrected chi connectivity index (χ3v) is 2.66. The van der Waals surface area contributed by atoms with Gasteiger partial charge in [-0.1, -0.05) is 6.42 Å². The Morgan fingerprint density at radius 1 is 1.19 bits per heavy atom. The predicted molar refractivity (Wildman–Crippen MR) is 81.2 cm³/mol. The first-order valence-corrected chi connectivity index (χ1v) is 7.39. The van der Waals surface area contributed by atoms with Crippen molar-refractivity contribution in [2.24, 2.45) is 5.73 Å². The van der Waals surface area contributed by atoms with E-state index in [1.54, 1.807) is 20.8 Å². The van der Waals surface area contributed by atoms with E-state index in [9.17, 15) is 9.59 Å². The van der Waals surface area contributed by atoms with E-state index in [-0.39, 0.29) is 0 Å². The molecule has 7 nitrogen and oxygen atoms in total. The van der Waals surface area contributed by atoms with E-state index in [0.717, 1.165) is 12.8 Å². The Morgan fingerprint density at radius 3 is 2.38 bits per heavy atom. The Kier molecular flexibility index (Phi) is 9.73. The summed E-state index contributed by atoms with van der Waals surface area (Å²) < 4.78 is 5.09. The van der Waals surface area contributed by atoms with E-state index < -0.39 is 23.7 Å². The van der Waals surface area contributed by atoms with Gasteiger partial charge in [-0.15, -0.1) is 0 Å². The standard InChI is InChI=1S/C14H29N3O4/c1-14(2,3)21-13(20)17-10-6-9-16-11(12(18)19)7-4-5-8-15/h11,16H,4-10,15H2,1-3H3,(H,17,20)(H,18,19)/t11-/m0/s1. The summed E-state index contributed by atoms with van der Waals surface area (Å²) in [4.78, 5) is 22.4. The smallest absolute Gasteiger partial charge is 0.407 e. The Labute approximate surface area is 126 Å². The molecule has 124 valence electrons. The first-order chi connectivity index (χ1) is 9.76. The zero-order valence-corrected chi connectivity index (χ0v) is 13.3. The van der Waals surface area contributed by atoms with Crippen LogP contribution in [0.1, 0.15) is 46.5 Å². The number of carboxylic acid groups (broad SMARTS) is 1. The van der Waals surface area contributed by atoms with Crippen LogP contribution in [-0.2, 0) is 9.53 Å². The highest BCUT2D eigenvalue weighted by Crippen LogP contribution is 2.06. The summed E-state index contributed by atoms with van der Waals surface area (Å²) in [6, 6.07) is -0.557. The second-order valence-electron chi connectivity index (χ2n) is 5.91. The first-order valence-electron chi connectivity index (χ1n) is 7.39. The van der Waals surface area contributed by atoms with Crippen LogP contribution in [0.15, 0.2) is 0 Å². The van der Waals surface area contributed by atoms with E-state index in [1.165, 1.54) is 0 Å². The van der Waals surface area contributed by atoms with Crippen LogP contribution in [0.5, 0.6) is 0 Å². The van der Waals surface area contributed by atoms with Gasteiger partial charge in [0.25, 0.3) is 0 Å². The molecule has 21 heavy (non-hydrogen) atoms. The summed E-state index contributed by atoms with van der Waals surface area (Å²) in [7, 11) is 0. The van der Waals surface area contributed by atoms with Gasteiger partial charge in [-0.05, 0) is 53.1 Å². The molecule has 0 aromatic heterocycles. The molecule has 0 rings (SSSR count). The van der Waals surface area contributed by atoms with Crippen LogP contribution in [0.3, 0.4) is 0 Å². The molecule has 0 aromatic carbocycles. The minimum atomic E-state index is -0.855. The molecule has 0 aromatic rings. The molecular formula is C14H29N3O4. The van der Waals surface area contributed by atoms with E-state index >= 15 is 0 Å². The zero-order chi connectivity index (χ0) is 16.3. The van der Waals surface area contributed by atoms with Crippen molar-refractivity contribution in [1.29, 1.82) is 0 Å². The number of alkyl carbamates (subject to hydrolysis) is 1. The van der Waals surface area contributed by atoms with Gasteiger partial charge in [-0.3, -0.25) is 4.79 Å². The topological polar surface area (TPSA) is 114 Å². The molecule has 0 heterocycles. The fourth-order valence-electron chi connectivity index (χ4n) is 1.67. The fourth-order valence-corrected chi connectivity index (χ4v) is 1.67. The Balaban J connectivity index is 3.75. The van der Waals surface area contributed by atoms with Crippen molar-refractivity contribution in [3.05, 3.63) is 0 Å². The number of carbonyl (C=O) groups is 2. The van der Waals surface area contributed by atoms with Crippen molar-refractivity contribution >= 4 is 12.1 Å². The molecule has 0 saturated carbocycles. The van der Waals surface area contributed by atoms with Crippen molar-refractivity contribution in [3.8, 4) is 0 Å². The second kappa shape index (κ2) is 10.4. The third-order valence-electron chi connectivity index (χ3n) is 2.66. The molecule has 0 radical (unpaired) electrons. The van der Waals surface area contributed by atoms with Crippen molar-refractivity contribution in [1.82, 2.24) is 10.6 Å². The number of hydrogen-bond acceptors (Lipinski definition) is 5. The summed E-state index contributed by atoms with van der Waals surface area (Å²) in [5.74, 6) is -0.855. The molecule has 0 aliphatic carbocycles. The molecule has 0 unspecified atom stereocenters. The number of nitrogens with two attached hydrogens (primary N) is 1. The first kappa shape index (κ1) is 19.7. The fraction of sp³-hybridized carbons (Fsp3) is 0.857. The Morgan fingerprint density at radius 2 is 1.86 bits per heavy atom. The average Bonchev–Trinajstić information content (AvgIpc) is 2.33. The van der Waals surface area contributed by atoms with Gasteiger partial charge in [-0.25, -0.2) is 4.79 Å². The van der Waals surface area contributed by atoms with Gasteiger partial charge in [0.05, 0.1) is 0 Å². The monoisotopic (exact) mass is 303 g/mol. The van der Waals surface area contributed by atoms with Gasteiger partial charge in [0.1, 0.15) is 11.6 Å². The van der Waals surface area contributed by atoms with Gasteiger partial charge in [0, 0.05) is 6.54 Å². The molecule has 1 atom stereocenters. The quantitative estimate of drug-likeness (QED) is 0.449. The maximum atomic E-state index is 11.4. The van der Waals surface area contributed by atoms with Crippen LogP contribution in [0.2, 0.25) is 0 Å². The average molecular weight is 303 g/mol. The number of aliphatic carboxylic acids is 1. The summed E-state index contributed by atoms with van der Waals surface area (Å²) in [6.07, 6.45) is 2.36. The lowest BCUT2D eigenvalue weighted by atomic mass is 10.1. The number of ether oxygens (including phenoxy) is 1. The van der Waals surface area contributed by atoms with Gasteiger partial charge in [0.15, 0.2) is 0 Å². The second-order valence-corrected chi connectivity index (χ2v) is 5.91. The van der Waals surface area contributed by atoms with Crippen molar-refractivity contribution in [3.63, 3.8) is 0 Å². The lowest BCUT2D eigenvalue weighted by Gasteiger charge is -2.19. The SMILES string of the molecule is CC(C)(C)OC(=O)NCCCN[C@@H](CCCCN)C(=O)O. The zero-order valence-electron chi connectivity index (χ0n) is 13.3. The molecule has 7 heteroatoms. The maximum absolute atomic E-state index is 11.4. The number of rotatable bonds is 10. The van der Waals surface area contributed by atoms with Crippen LogP contribution in [-0.4, -0.2) is 48.4 Å². The lowest BCUT2D eigenvalue weighted by Crippen LogP contribution is -2.39. The van der Waals surface area contributed by atoms with E-state index in [4.69, 9.17) is 15.6 Å². The number of amides is 1. The number of nitrogens with one attached hydrogen (secondary N) is 2. The lowest BCUT2D eigenvalue weighted by molar-refractivity contribution is -0.139. The van der Waals surface area contributed by atoms with Crippen molar-refractivity contribution < 1.29 is 19.4 Å². The van der Waals surface area contributed by atoms with E-state index in [1.807, 2.05) is 0 Å². The van der Waals surface area contributed by atoms with Gasteiger partial charge < -0.3 is 26.2 Å². The maximum Gasteiger partial charge on any atom is 0.407 e. The molecular weight excluding hydrogens is 274 g/mol. The minimum absolute atomic E-state index is 0.442. The molecule has 0 aliphatic rings. The number of unbranched alkanes of at least 4 members (excludes halogenated alkanes) is 1. The van der Waals surface area contributed by atoms with Crippen molar-refractivity contribution in [2.75, 3.05) is 19.6 Å². The highest BCUT2D eigenvalue weighted by Gasteiger charge is 2.17. The highest BCUT2D eigenvalue weighted by molar-refractivity contribution is 5.73. The molecule has 0 fully saturated rings. The largest absolute Gasteiger partial charge is 0.480 e. The van der Waals surface area contributed by atoms with Crippen LogP contribution >= 0.6 is 0 Å². The molecule has 0 spiro atoms. The van der Waals surface area contributed by atoms with Crippen molar-refractivity contribution in [2.45, 2.75) is 58.1 Å². The van der Waals surface area contributed by atoms with Crippen LogP contribution < -0.4 is 16.4 Å². The molecule has 1 amide bonds. The normalized spacial score (nSPS) is 12.8. The Bertz CT molecular complexity index is 316. The summed E-state index contributed by atoms with van der Waals surface area (Å²) in [5.41, 5.74) is 4.87. The number of carbonyl (C=O) groups excluding carboxylic acids is 1. The molecule has 0 bridgehead atoms. The van der Waals surface area contributed by atoms with Gasteiger partial charge >= 0.3 is 12.1 Å². The minimum Gasteiger partial charge on any atom is -0.480 e. The van der Waals surface area contributed by atoms with Crippen LogP contribution in [0.25, 0.3) is 0 Å². The number of carboxylic acids is 1. The third kappa shape index (κ3) is 12.1. The van der Waals surface area contributed by atoms with Gasteiger partial charge in [-0.2, -0.15) is 0 Å². The van der Waals surface area contributed by atoms with Gasteiger partial charge in [0.2, 0.25) is 0 Å². The van der Waals surface area contributed by atoms with E-state index in [2.05, 4.69) is 10.6 Å². The van der Waals surface area contributed by atoms with Crippen LogP contribution in [0.4, 0.5) is 4.79 Å². The molecule has 0 saturated heterocycles. The summed E-state index contributed by atoms with van der Waals surface area (Å²) >= 11 is 0. The number of hydrogen-bond donors (Lipinski definition) is 4. The van der Waals surface area contributed by atoms with Crippen LogP contribution in [0, 0.1) is 0 Å². The summed E-state index contributed by atoms with van der Waals surface area (Å²) in [5, 5.41) is 14.7. The Hall–Kier alpha value is -1.34. The predicted octanol–water partition coefficient (Wildman–Crippen LogP) is 1.07.